The van der Waals surface area contributed by atoms with Crippen molar-refractivity contribution < 1.29 is 14.3 Å². The van der Waals surface area contributed by atoms with Crippen LogP contribution >= 0.6 is 15.9 Å². The highest BCUT2D eigenvalue weighted by molar-refractivity contribution is 9.10. The highest BCUT2D eigenvalue weighted by Gasteiger charge is 2.17. The van der Waals surface area contributed by atoms with Gasteiger partial charge in [-0.15, -0.1) is 0 Å². The number of nitrogens with one attached hydrogen (secondary N) is 2. The first-order valence-corrected chi connectivity index (χ1v) is 10.3. The van der Waals surface area contributed by atoms with Crippen LogP contribution in [0.2, 0.25) is 0 Å². The summed E-state index contributed by atoms with van der Waals surface area (Å²) in [7, 11) is 0. The summed E-state index contributed by atoms with van der Waals surface area (Å²) < 4.78 is 7.58. The molecule has 4 rings (SSSR count). The van der Waals surface area contributed by atoms with Gasteiger partial charge in [-0.05, 0) is 49.4 Å². The molecule has 0 unspecified atom stereocenters. The van der Waals surface area contributed by atoms with Gasteiger partial charge in [0.1, 0.15) is 5.56 Å². The van der Waals surface area contributed by atoms with E-state index in [2.05, 4.69) is 36.6 Å². The van der Waals surface area contributed by atoms with Crippen LogP contribution in [0.4, 0.5) is 16.2 Å². The first-order chi connectivity index (χ1) is 15.0. The van der Waals surface area contributed by atoms with E-state index in [-0.39, 0.29) is 12.6 Å². The zero-order valence-corrected chi connectivity index (χ0v) is 18.1. The summed E-state index contributed by atoms with van der Waals surface area (Å²) in [4.78, 5) is 28.8. The Hall–Kier alpha value is -3.72. The van der Waals surface area contributed by atoms with Gasteiger partial charge in [0.2, 0.25) is 0 Å². The van der Waals surface area contributed by atoms with Crippen molar-refractivity contribution in [2.75, 3.05) is 17.2 Å². The molecule has 0 saturated heterocycles. The summed E-state index contributed by atoms with van der Waals surface area (Å²) in [5.74, 6) is -0.470. The number of esters is 1. The van der Waals surface area contributed by atoms with Gasteiger partial charge in [0.05, 0.1) is 18.5 Å². The van der Waals surface area contributed by atoms with Crippen molar-refractivity contribution in [3.63, 3.8) is 0 Å². The van der Waals surface area contributed by atoms with Crippen LogP contribution in [0.15, 0.2) is 71.5 Å². The summed E-state index contributed by atoms with van der Waals surface area (Å²) in [5, 5.41) is 9.91. The summed E-state index contributed by atoms with van der Waals surface area (Å²) in [6.45, 7) is 2.01. The highest BCUT2D eigenvalue weighted by atomic mass is 79.9. The number of halogens is 1. The molecule has 156 valence electrons. The molecular weight excluding hydrogens is 462 g/mol. The standard InChI is InChI=1S/C22H18BrN5O3/c1-2-31-21(29)18-13-25-28-19(10-11-24-20(18)28)14-4-3-5-17(12-14)27-22(30)26-16-8-6-15(23)7-9-16/h3-13H,2H2,1H3,(H2,26,27,30). The van der Waals surface area contributed by atoms with Gasteiger partial charge in [0.15, 0.2) is 5.65 Å². The van der Waals surface area contributed by atoms with Crippen molar-refractivity contribution in [1.82, 2.24) is 14.6 Å². The smallest absolute Gasteiger partial charge is 0.343 e. The summed E-state index contributed by atoms with van der Waals surface area (Å²) >= 11 is 3.36. The molecule has 2 amide bonds. The number of rotatable bonds is 5. The molecule has 0 radical (unpaired) electrons. The number of nitrogens with zero attached hydrogens (tertiary/aromatic N) is 3. The molecule has 0 aliphatic rings. The molecule has 0 aliphatic heterocycles. The quantitative estimate of drug-likeness (QED) is 0.393. The molecule has 2 N–H and O–H groups in total. The summed E-state index contributed by atoms with van der Waals surface area (Å²) in [6, 6.07) is 16.0. The van der Waals surface area contributed by atoms with E-state index in [9.17, 15) is 9.59 Å². The Morgan fingerprint density at radius 2 is 1.84 bits per heavy atom. The van der Waals surface area contributed by atoms with Gasteiger partial charge < -0.3 is 15.4 Å². The van der Waals surface area contributed by atoms with E-state index in [1.54, 1.807) is 41.9 Å². The molecular formula is C22H18BrN5O3. The van der Waals surface area contributed by atoms with E-state index < -0.39 is 5.97 Å². The third-order valence-corrected chi connectivity index (χ3v) is 4.94. The SMILES string of the molecule is CCOC(=O)c1cnn2c(-c3cccc(NC(=O)Nc4ccc(Br)cc4)c3)ccnc12. The monoisotopic (exact) mass is 479 g/mol. The van der Waals surface area contributed by atoms with Gasteiger partial charge in [0, 0.05) is 27.6 Å². The highest BCUT2D eigenvalue weighted by Crippen LogP contribution is 2.24. The third kappa shape index (κ3) is 4.56. The van der Waals surface area contributed by atoms with Crippen LogP contribution in [-0.4, -0.2) is 33.2 Å². The van der Waals surface area contributed by atoms with E-state index >= 15 is 0 Å². The Morgan fingerprint density at radius 3 is 2.61 bits per heavy atom. The maximum absolute atomic E-state index is 12.4. The summed E-state index contributed by atoms with van der Waals surface area (Å²) in [5.41, 5.74) is 3.50. The molecule has 4 aromatic rings. The van der Waals surface area contributed by atoms with Crippen molar-refractivity contribution in [3.8, 4) is 11.3 Å². The molecule has 0 fully saturated rings. The lowest BCUT2D eigenvalue weighted by Gasteiger charge is -2.10. The van der Waals surface area contributed by atoms with Gasteiger partial charge >= 0.3 is 12.0 Å². The fourth-order valence-electron chi connectivity index (χ4n) is 3.05. The van der Waals surface area contributed by atoms with Gasteiger partial charge in [-0.25, -0.2) is 19.1 Å². The van der Waals surface area contributed by atoms with Crippen LogP contribution < -0.4 is 10.6 Å². The van der Waals surface area contributed by atoms with Crippen LogP contribution in [0.25, 0.3) is 16.9 Å². The molecule has 0 bridgehead atoms. The van der Waals surface area contributed by atoms with Crippen molar-refractivity contribution in [2.45, 2.75) is 6.92 Å². The average molecular weight is 480 g/mol. The molecule has 9 heteroatoms. The minimum absolute atomic E-state index is 0.270. The van der Waals surface area contributed by atoms with Gasteiger partial charge in [0.25, 0.3) is 0 Å². The van der Waals surface area contributed by atoms with E-state index in [1.807, 2.05) is 30.3 Å². The number of anilines is 2. The molecule has 0 aliphatic carbocycles. The molecule has 0 spiro atoms. The normalized spacial score (nSPS) is 10.6. The average Bonchev–Trinajstić information content (AvgIpc) is 3.20. The zero-order valence-electron chi connectivity index (χ0n) is 16.5. The number of carbonyl (C=O) groups is 2. The van der Waals surface area contributed by atoms with E-state index in [1.165, 1.54) is 6.20 Å². The number of fused-ring (bicyclic) bond motifs is 1. The van der Waals surface area contributed by atoms with Crippen LogP contribution in [-0.2, 0) is 4.74 Å². The number of aromatic nitrogens is 3. The molecule has 2 heterocycles. The lowest BCUT2D eigenvalue weighted by atomic mass is 10.1. The second-order valence-corrected chi connectivity index (χ2v) is 7.43. The number of hydrogen-bond acceptors (Lipinski definition) is 5. The Bertz CT molecular complexity index is 1250. The van der Waals surface area contributed by atoms with Crippen LogP contribution in [0, 0.1) is 0 Å². The molecule has 0 atom stereocenters. The van der Waals surface area contributed by atoms with Crippen molar-refractivity contribution >= 4 is 45.0 Å². The number of hydrogen-bond donors (Lipinski definition) is 2. The second kappa shape index (κ2) is 8.97. The molecule has 0 saturated carbocycles. The largest absolute Gasteiger partial charge is 0.462 e. The molecule has 31 heavy (non-hydrogen) atoms. The van der Waals surface area contributed by atoms with Crippen LogP contribution in [0.5, 0.6) is 0 Å². The van der Waals surface area contributed by atoms with Gasteiger partial charge in [-0.2, -0.15) is 5.10 Å². The number of ether oxygens (including phenoxy) is 1. The minimum Gasteiger partial charge on any atom is -0.462 e. The van der Waals surface area contributed by atoms with E-state index in [0.29, 0.717) is 22.6 Å². The maximum atomic E-state index is 12.4. The maximum Gasteiger partial charge on any atom is 0.343 e. The molecule has 8 nitrogen and oxygen atoms in total. The Balaban J connectivity index is 1.58. The number of carbonyl (C=O) groups excluding carboxylic acids is 2. The van der Waals surface area contributed by atoms with Gasteiger partial charge in [-0.1, -0.05) is 28.1 Å². The van der Waals surface area contributed by atoms with E-state index in [0.717, 1.165) is 15.7 Å². The Labute approximate surface area is 186 Å². The first-order valence-electron chi connectivity index (χ1n) is 9.49. The van der Waals surface area contributed by atoms with E-state index in [4.69, 9.17) is 4.74 Å². The first kappa shape index (κ1) is 20.5. The molecule has 2 aromatic heterocycles. The van der Waals surface area contributed by atoms with Crippen LogP contribution in [0.3, 0.4) is 0 Å². The van der Waals surface area contributed by atoms with Crippen molar-refractivity contribution in [3.05, 3.63) is 77.0 Å². The number of benzene rings is 2. The van der Waals surface area contributed by atoms with Gasteiger partial charge in [-0.3, -0.25) is 0 Å². The van der Waals surface area contributed by atoms with Crippen molar-refractivity contribution in [2.24, 2.45) is 0 Å². The zero-order chi connectivity index (χ0) is 21.8. The number of urea groups is 1. The fourth-order valence-corrected chi connectivity index (χ4v) is 3.31. The Kier molecular flexibility index (Phi) is 5.94. The minimum atomic E-state index is -0.470. The predicted molar refractivity (Wildman–Crippen MR) is 121 cm³/mol. The lowest BCUT2D eigenvalue weighted by molar-refractivity contribution is 0.0528. The van der Waals surface area contributed by atoms with Crippen molar-refractivity contribution in [1.29, 1.82) is 0 Å². The lowest BCUT2D eigenvalue weighted by Crippen LogP contribution is -2.19. The molecule has 2 aromatic carbocycles. The van der Waals surface area contributed by atoms with Crippen LogP contribution in [0.1, 0.15) is 17.3 Å². The fraction of sp³-hybridized carbons (Fsp3) is 0.0909. The predicted octanol–water partition coefficient (Wildman–Crippen LogP) is 4.98. The topological polar surface area (TPSA) is 97.6 Å². The second-order valence-electron chi connectivity index (χ2n) is 6.51. The number of amides is 2. The summed E-state index contributed by atoms with van der Waals surface area (Å²) in [6.07, 6.45) is 3.05. The Morgan fingerprint density at radius 1 is 1.06 bits per heavy atom. The third-order valence-electron chi connectivity index (χ3n) is 4.41.